The number of hydrogen-bond donors (Lipinski definition) is 1. The minimum Gasteiger partial charge on any atom is -0.479 e. The molecule has 0 aromatic rings. The second kappa shape index (κ2) is 3.51. The number of aliphatic carboxylic acids is 1. The molecule has 3 unspecified atom stereocenters. The summed E-state index contributed by atoms with van der Waals surface area (Å²) in [5, 5.41) is 9.02. The van der Waals surface area contributed by atoms with Crippen LogP contribution in [-0.2, 0) is 14.3 Å². The van der Waals surface area contributed by atoms with E-state index in [-0.39, 0.29) is 12.2 Å². The second-order valence-corrected chi connectivity index (χ2v) is 4.21. The standard InChI is InChI=1S/C10H16O4/c1-7-6-10(7,9(11)12)14-8-4-2-3-5-13-8/h7-8H,2-6H2,1H3,(H,11,12). The molecular formula is C10H16O4. The molecule has 1 saturated heterocycles. The quantitative estimate of drug-likeness (QED) is 0.748. The van der Waals surface area contributed by atoms with E-state index in [0.29, 0.717) is 13.0 Å². The van der Waals surface area contributed by atoms with Gasteiger partial charge in [0, 0.05) is 6.61 Å². The van der Waals surface area contributed by atoms with Crippen LogP contribution in [0, 0.1) is 5.92 Å². The third kappa shape index (κ3) is 1.64. The molecule has 0 amide bonds. The molecule has 1 N–H and O–H groups in total. The minimum atomic E-state index is -0.942. The highest BCUT2D eigenvalue weighted by atomic mass is 16.7. The summed E-state index contributed by atoms with van der Waals surface area (Å²) in [6.07, 6.45) is 3.25. The van der Waals surface area contributed by atoms with E-state index in [1.165, 1.54) is 0 Å². The van der Waals surface area contributed by atoms with Crippen LogP contribution < -0.4 is 0 Å². The molecule has 1 aliphatic carbocycles. The van der Waals surface area contributed by atoms with Crippen molar-refractivity contribution in [1.82, 2.24) is 0 Å². The smallest absolute Gasteiger partial charge is 0.336 e. The zero-order valence-electron chi connectivity index (χ0n) is 8.36. The van der Waals surface area contributed by atoms with E-state index < -0.39 is 11.6 Å². The fraction of sp³-hybridized carbons (Fsp3) is 0.900. The van der Waals surface area contributed by atoms with Crippen molar-refractivity contribution in [2.75, 3.05) is 6.61 Å². The normalized spacial score (nSPS) is 42.1. The maximum Gasteiger partial charge on any atom is 0.336 e. The van der Waals surface area contributed by atoms with Gasteiger partial charge >= 0.3 is 5.97 Å². The van der Waals surface area contributed by atoms with Crippen molar-refractivity contribution in [3.63, 3.8) is 0 Å². The van der Waals surface area contributed by atoms with Gasteiger partial charge in [0.05, 0.1) is 0 Å². The van der Waals surface area contributed by atoms with Crippen molar-refractivity contribution >= 4 is 5.97 Å². The Hall–Kier alpha value is -0.610. The number of carboxylic acid groups (broad SMARTS) is 1. The second-order valence-electron chi connectivity index (χ2n) is 4.21. The van der Waals surface area contributed by atoms with E-state index in [4.69, 9.17) is 14.6 Å². The van der Waals surface area contributed by atoms with E-state index in [2.05, 4.69) is 0 Å². The zero-order chi connectivity index (χ0) is 10.2. The number of carboxylic acids is 1. The topological polar surface area (TPSA) is 55.8 Å². The Morgan fingerprint density at radius 3 is 2.71 bits per heavy atom. The Bertz CT molecular complexity index is 234. The molecule has 3 atom stereocenters. The van der Waals surface area contributed by atoms with Gasteiger partial charge in [-0.2, -0.15) is 0 Å². The van der Waals surface area contributed by atoms with Gasteiger partial charge in [-0.1, -0.05) is 6.92 Å². The molecule has 0 spiro atoms. The zero-order valence-corrected chi connectivity index (χ0v) is 8.36. The third-order valence-corrected chi connectivity index (χ3v) is 3.09. The Labute approximate surface area is 83.2 Å². The minimum absolute atomic E-state index is 0.116. The molecule has 0 aromatic heterocycles. The number of carbonyl (C=O) groups is 1. The van der Waals surface area contributed by atoms with Gasteiger partial charge in [-0.3, -0.25) is 0 Å². The highest BCUT2D eigenvalue weighted by molar-refractivity contribution is 5.81. The molecular weight excluding hydrogens is 184 g/mol. The summed E-state index contributed by atoms with van der Waals surface area (Å²) in [6, 6.07) is 0. The molecule has 4 nitrogen and oxygen atoms in total. The van der Waals surface area contributed by atoms with E-state index in [1.54, 1.807) is 0 Å². The van der Waals surface area contributed by atoms with Gasteiger partial charge in [-0.05, 0) is 31.6 Å². The first kappa shape index (κ1) is 9.93. The van der Waals surface area contributed by atoms with Crippen LogP contribution in [0.15, 0.2) is 0 Å². The van der Waals surface area contributed by atoms with E-state index in [1.807, 2.05) is 6.92 Å². The summed E-state index contributed by atoms with van der Waals surface area (Å²) in [6.45, 7) is 2.59. The average Bonchev–Trinajstić information content (AvgIpc) is 2.80. The predicted molar refractivity (Wildman–Crippen MR) is 48.8 cm³/mol. The molecule has 2 aliphatic rings. The SMILES string of the molecule is CC1CC1(OC1CCCCO1)C(=O)O. The van der Waals surface area contributed by atoms with Crippen molar-refractivity contribution < 1.29 is 19.4 Å². The molecule has 14 heavy (non-hydrogen) atoms. The monoisotopic (exact) mass is 200 g/mol. The Kier molecular flexibility index (Phi) is 2.49. The predicted octanol–water partition coefficient (Wildman–Crippen LogP) is 1.39. The van der Waals surface area contributed by atoms with Crippen LogP contribution in [0.25, 0.3) is 0 Å². The van der Waals surface area contributed by atoms with E-state index >= 15 is 0 Å². The summed E-state index contributed by atoms with van der Waals surface area (Å²) < 4.78 is 10.9. The first-order chi connectivity index (χ1) is 6.65. The van der Waals surface area contributed by atoms with Gasteiger partial charge in [0.1, 0.15) is 0 Å². The lowest BCUT2D eigenvalue weighted by Crippen LogP contribution is -2.35. The molecule has 2 fully saturated rings. The van der Waals surface area contributed by atoms with Gasteiger partial charge in [0.2, 0.25) is 0 Å². The van der Waals surface area contributed by atoms with Gasteiger partial charge in [0.15, 0.2) is 11.9 Å². The fourth-order valence-corrected chi connectivity index (χ4v) is 1.95. The van der Waals surface area contributed by atoms with Crippen molar-refractivity contribution in [3.8, 4) is 0 Å². The van der Waals surface area contributed by atoms with Crippen LogP contribution in [0.4, 0.5) is 0 Å². The molecule has 0 bridgehead atoms. The van der Waals surface area contributed by atoms with Crippen molar-refractivity contribution in [2.45, 2.75) is 44.5 Å². The average molecular weight is 200 g/mol. The lowest BCUT2D eigenvalue weighted by Gasteiger charge is -2.26. The van der Waals surface area contributed by atoms with Crippen LogP contribution in [0.3, 0.4) is 0 Å². The maximum absolute atomic E-state index is 11.0. The Morgan fingerprint density at radius 1 is 1.57 bits per heavy atom. The van der Waals surface area contributed by atoms with Crippen molar-refractivity contribution in [3.05, 3.63) is 0 Å². The lowest BCUT2D eigenvalue weighted by atomic mass is 10.2. The molecule has 0 radical (unpaired) electrons. The van der Waals surface area contributed by atoms with Crippen LogP contribution in [0.5, 0.6) is 0 Å². The van der Waals surface area contributed by atoms with Crippen LogP contribution in [0.1, 0.15) is 32.6 Å². The molecule has 80 valence electrons. The number of hydrogen-bond acceptors (Lipinski definition) is 3. The summed E-state index contributed by atoms with van der Waals surface area (Å²) >= 11 is 0. The van der Waals surface area contributed by atoms with E-state index in [0.717, 1.165) is 19.3 Å². The maximum atomic E-state index is 11.0. The first-order valence-corrected chi connectivity index (χ1v) is 5.18. The molecule has 4 heteroatoms. The van der Waals surface area contributed by atoms with Gasteiger partial charge in [0.25, 0.3) is 0 Å². The van der Waals surface area contributed by atoms with Crippen LogP contribution in [-0.4, -0.2) is 29.6 Å². The van der Waals surface area contributed by atoms with Gasteiger partial charge in [-0.25, -0.2) is 4.79 Å². The lowest BCUT2D eigenvalue weighted by molar-refractivity contribution is -0.211. The third-order valence-electron chi connectivity index (χ3n) is 3.09. The van der Waals surface area contributed by atoms with Crippen LogP contribution >= 0.6 is 0 Å². The molecule has 1 saturated carbocycles. The Morgan fingerprint density at radius 2 is 2.29 bits per heavy atom. The molecule has 0 aromatic carbocycles. The summed E-state index contributed by atoms with van der Waals surface area (Å²) in [4.78, 5) is 11.0. The highest BCUT2D eigenvalue weighted by Gasteiger charge is 2.60. The van der Waals surface area contributed by atoms with Crippen LogP contribution in [0.2, 0.25) is 0 Å². The first-order valence-electron chi connectivity index (χ1n) is 5.18. The molecule has 2 rings (SSSR count). The molecule has 1 aliphatic heterocycles. The number of ether oxygens (including phenoxy) is 2. The fourth-order valence-electron chi connectivity index (χ4n) is 1.95. The summed E-state index contributed by atoms with van der Waals surface area (Å²) in [5.74, 6) is -0.732. The highest BCUT2D eigenvalue weighted by Crippen LogP contribution is 2.48. The summed E-state index contributed by atoms with van der Waals surface area (Å²) in [5.41, 5.74) is -0.942. The molecule has 1 heterocycles. The van der Waals surface area contributed by atoms with Gasteiger partial charge in [-0.15, -0.1) is 0 Å². The van der Waals surface area contributed by atoms with Crippen molar-refractivity contribution in [1.29, 1.82) is 0 Å². The van der Waals surface area contributed by atoms with Crippen molar-refractivity contribution in [2.24, 2.45) is 5.92 Å². The van der Waals surface area contributed by atoms with Gasteiger partial charge < -0.3 is 14.6 Å². The summed E-state index contributed by atoms with van der Waals surface area (Å²) in [7, 11) is 0. The largest absolute Gasteiger partial charge is 0.479 e. The Balaban J connectivity index is 1.92. The number of rotatable bonds is 3. The van der Waals surface area contributed by atoms with E-state index in [9.17, 15) is 4.79 Å².